The number of hydrogen-bond donors (Lipinski definition) is 1. The van der Waals surface area contributed by atoms with Crippen LogP contribution in [-0.4, -0.2) is 33.6 Å². The molecule has 0 aliphatic carbocycles. The summed E-state index contributed by atoms with van der Waals surface area (Å²) in [6, 6.07) is 7.23. The van der Waals surface area contributed by atoms with E-state index < -0.39 is 0 Å². The van der Waals surface area contributed by atoms with E-state index in [0.717, 1.165) is 28.5 Å². The van der Waals surface area contributed by atoms with Gasteiger partial charge in [-0.25, -0.2) is 4.98 Å². The van der Waals surface area contributed by atoms with Crippen LogP contribution in [0.5, 0.6) is 5.75 Å². The number of ether oxygens (including phenoxy) is 1. The highest BCUT2D eigenvalue weighted by molar-refractivity contribution is 8.00. The van der Waals surface area contributed by atoms with E-state index in [-0.39, 0.29) is 17.2 Å². The number of aromatic nitrogens is 2. The first-order chi connectivity index (χ1) is 12.1. The molecule has 1 aromatic heterocycles. The molecule has 2 aromatic rings. The molecule has 3 rings (SSSR count). The van der Waals surface area contributed by atoms with Crippen LogP contribution in [0, 0.1) is 0 Å². The van der Waals surface area contributed by atoms with E-state index in [1.807, 2.05) is 19.1 Å². The molecule has 2 heterocycles. The van der Waals surface area contributed by atoms with Gasteiger partial charge in [-0.15, -0.1) is 11.8 Å². The quantitative estimate of drug-likeness (QED) is 0.616. The average Bonchev–Trinajstić information content (AvgIpc) is 3.07. The molecule has 0 saturated carbocycles. The summed E-state index contributed by atoms with van der Waals surface area (Å²) < 4.78 is 6.89. The molecule has 1 N–H and O–H groups in total. The number of anilines is 1. The molecule has 1 aliphatic rings. The Balaban J connectivity index is 1.61. The topological polar surface area (TPSA) is 73.2 Å². The molecular weight excluding hydrogens is 358 g/mol. The third kappa shape index (κ3) is 4.19. The Labute approximate surface area is 154 Å². The van der Waals surface area contributed by atoms with Gasteiger partial charge < -0.3 is 10.1 Å². The highest BCUT2D eigenvalue weighted by Gasteiger charge is 2.20. The molecule has 0 saturated heterocycles. The minimum Gasteiger partial charge on any atom is -0.494 e. The van der Waals surface area contributed by atoms with Crippen molar-refractivity contribution in [2.45, 2.75) is 23.4 Å². The number of rotatable bonds is 6. The predicted molar refractivity (Wildman–Crippen MR) is 101 cm³/mol. The molecule has 8 heteroatoms. The summed E-state index contributed by atoms with van der Waals surface area (Å²) in [7, 11) is 1.70. The lowest BCUT2D eigenvalue weighted by Crippen LogP contribution is -2.23. The second kappa shape index (κ2) is 7.97. The smallest absolute Gasteiger partial charge is 0.267 e. The highest BCUT2D eigenvalue weighted by Crippen LogP contribution is 2.28. The zero-order valence-electron chi connectivity index (χ0n) is 14.1. The highest BCUT2D eigenvalue weighted by atomic mass is 32.2. The third-order valence-electron chi connectivity index (χ3n) is 3.65. The number of fused-ring (bicyclic) bond motifs is 1. The first-order valence-electron chi connectivity index (χ1n) is 7.96. The van der Waals surface area contributed by atoms with Crippen LogP contribution in [0.2, 0.25) is 0 Å². The Kier molecular flexibility index (Phi) is 5.70. The summed E-state index contributed by atoms with van der Waals surface area (Å²) in [6.45, 7) is 2.53. The van der Waals surface area contributed by atoms with Crippen molar-refractivity contribution in [3.8, 4) is 5.75 Å². The molecule has 0 bridgehead atoms. The summed E-state index contributed by atoms with van der Waals surface area (Å²) in [5.41, 5.74) is 1.53. The Morgan fingerprint density at radius 3 is 2.88 bits per heavy atom. The average molecular weight is 377 g/mol. The van der Waals surface area contributed by atoms with E-state index in [9.17, 15) is 9.59 Å². The fourth-order valence-corrected chi connectivity index (χ4v) is 4.28. The Hall–Kier alpha value is -1.93. The number of amides is 1. The van der Waals surface area contributed by atoms with E-state index in [4.69, 9.17) is 4.74 Å². The number of carbonyl (C=O) groups excluding carboxylic acids is 1. The summed E-state index contributed by atoms with van der Waals surface area (Å²) in [6.07, 6.45) is 0.808. The van der Waals surface area contributed by atoms with Crippen molar-refractivity contribution in [1.82, 2.24) is 9.55 Å². The maximum absolute atomic E-state index is 12.3. The number of nitrogens with one attached hydrogen (secondary N) is 1. The number of aryl methyl sites for hydroxylation is 1. The summed E-state index contributed by atoms with van der Waals surface area (Å²) in [5.74, 6) is 1.71. The van der Waals surface area contributed by atoms with Gasteiger partial charge in [0.15, 0.2) is 5.16 Å². The SMILES string of the molecule is CCOc1ccc(NC(=O)CSc2nc3c(c(=O)n2C)SCC3)cc1. The predicted octanol–water partition coefficient (Wildman–Crippen LogP) is 2.56. The minimum absolute atomic E-state index is 0.0260. The lowest BCUT2D eigenvalue weighted by Gasteiger charge is -2.10. The van der Waals surface area contributed by atoms with Crippen LogP contribution in [0.4, 0.5) is 5.69 Å². The van der Waals surface area contributed by atoms with Gasteiger partial charge in [-0.05, 0) is 31.2 Å². The van der Waals surface area contributed by atoms with Gasteiger partial charge in [-0.2, -0.15) is 0 Å². The molecule has 0 fully saturated rings. The molecule has 0 unspecified atom stereocenters. The monoisotopic (exact) mass is 377 g/mol. The van der Waals surface area contributed by atoms with Gasteiger partial charge in [-0.3, -0.25) is 14.2 Å². The van der Waals surface area contributed by atoms with Gasteiger partial charge in [0.2, 0.25) is 5.91 Å². The molecule has 1 amide bonds. The lowest BCUT2D eigenvalue weighted by atomic mass is 10.3. The van der Waals surface area contributed by atoms with Gasteiger partial charge in [0.25, 0.3) is 5.56 Å². The van der Waals surface area contributed by atoms with Crippen LogP contribution in [0.3, 0.4) is 0 Å². The molecule has 0 spiro atoms. The van der Waals surface area contributed by atoms with Crippen molar-refractivity contribution in [2.75, 3.05) is 23.4 Å². The largest absolute Gasteiger partial charge is 0.494 e. The van der Waals surface area contributed by atoms with Crippen molar-refractivity contribution >= 4 is 35.1 Å². The normalized spacial score (nSPS) is 12.7. The van der Waals surface area contributed by atoms with Crippen molar-refractivity contribution in [3.05, 3.63) is 40.3 Å². The van der Waals surface area contributed by atoms with E-state index >= 15 is 0 Å². The molecule has 1 aromatic carbocycles. The summed E-state index contributed by atoms with van der Waals surface area (Å²) in [4.78, 5) is 29.7. The Morgan fingerprint density at radius 2 is 2.16 bits per heavy atom. The number of benzene rings is 1. The molecule has 0 atom stereocenters. The number of thioether (sulfide) groups is 2. The molecule has 0 radical (unpaired) electrons. The van der Waals surface area contributed by atoms with Crippen LogP contribution < -0.4 is 15.6 Å². The maximum atomic E-state index is 12.3. The molecule has 132 valence electrons. The van der Waals surface area contributed by atoms with Crippen LogP contribution in [0.1, 0.15) is 12.6 Å². The standard InChI is InChI=1S/C17H19N3O3S2/c1-3-23-12-6-4-11(5-7-12)18-14(21)10-25-17-19-13-8-9-24-15(13)16(22)20(17)2/h4-7H,3,8-10H2,1-2H3,(H,18,21). The first kappa shape index (κ1) is 17.9. The lowest BCUT2D eigenvalue weighted by molar-refractivity contribution is -0.113. The number of nitrogens with zero attached hydrogens (tertiary/aromatic N) is 2. The van der Waals surface area contributed by atoms with Crippen molar-refractivity contribution < 1.29 is 9.53 Å². The fraction of sp³-hybridized carbons (Fsp3) is 0.353. The van der Waals surface area contributed by atoms with Crippen molar-refractivity contribution in [2.24, 2.45) is 7.05 Å². The van der Waals surface area contributed by atoms with Crippen LogP contribution >= 0.6 is 23.5 Å². The van der Waals surface area contributed by atoms with Gasteiger partial charge >= 0.3 is 0 Å². The molecule has 25 heavy (non-hydrogen) atoms. The zero-order chi connectivity index (χ0) is 17.8. The number of hydrogen-bond acceptors (Lipinski definition) is 6. The Morgan fingerprint density at radius 1 is 1.40 bits per heavy atom. The Bertz CT molecular complexity index is 834. The van der Waals surface area contributed by atoms with E-state index in [0.29, 0.717) is 17.5 Å². The van der Waals surface area contributed by atoms with Gasteiger partial charge in [0.05, 0.1) is 22.9 Å². The summed E-state index contributed by atoms with van der Waals surface area (Å²) >= 11 is 2.83. The second-order valence-electron chi connectivity index (χ2n) is 5.43. The molecule has 6 nitrogen and oxygen atoms in total. The molecule has 1 aliphatic heterocycles. The van der Waals surface area contributed by atoms with Gasteiger partial charge in [-0.1, -0.05) is 11.8 Å². The maximum Gasteiger partial charge on any atom is 0.267 e. The minimum atomic E-state index is -0.140. The molecular formula is C17H19N3O3S2. The van der Waals surface area contributed by atoms with Gasteiger partial charge in [0.1, 0.15) is 5.75 Å². The van der Waals surface area contributed by atoms with Crippen LogP contribution in [0.25, 0.3) is 0 Å². The van der Waals surface area contributed by atoms with Crippen LogP contribution in [0.15, 0.2) is 39.1 Å². The van der Waals surface area contributed by atoms with Gasteiger partial charge in [0, 0.05) is 24.9 Å². The first-order valence-corrected chi connectivity index (χ1v) is 9.94. The fourth-order valence-electron chi connectivity index (χ4n) is 2.43. The number of carbonyl (C=O) groups is 1. The third-order valence-corrected chi connectivity index (χ3v) is 5.78. The van der Waals surface area contributed by atoms with Crippen molar-refractivity contribution in [3.63, 3.8) is 0 Å². The zero-order valence-corrected chi connectivity index (χ0v) is 15.7. The van der Waals surface area contributed by atoms with E-state index in [2.05, 4.69) is 10.3 Å². The second-order valence-corrected chi connectivity index (χ2v) is 7.47. The van der Waals surface area contributed by atoms with E-state index in [1.54, 1.807) is 30.9 Å². The van der Waals surface area contributed by atoms with Crippen LogP contribution in [-0.2, 0) is 18.3 Å². The van der Waals surface area contributed by atoms with E-state index in [1.165, 1.54) is 16.3 Å². The van der Waals surface area contributed by atoms with Crippen molar-refractivity contribution in [1.29, 1.82) is 0 Å². The summed E-state index contributed by atoms with van der Waals surface area (Å²) in [5, 5.41) is 3.41.